The molecule has 0 saturated carbocycles. The van der Waals surface area contributed by atoms with E-state index in [1.54, 1.807) is 7.11 Å². The summed E-state index contributed by atoms with van der Waals surface area (Å²) in [5.74, 6) is 0. The van der Waals surface area contributed by atoms with Crippen molar-refractivity contribution in [3.05, 3.63) is 28.2 Å². The molecule has 1 atom stereocenters. The number of hydrogen-bond acceptors (Lipinski definition) is 5. The van der Waals surface area contributed by atoms with Crippen LogP contribution in [0.1, 0.15) is 5.56 Å². The number of aliphatic hydroxyl groups excluding tert-OH is 1. The van der Waals surface area contributed by atoms with Gasteiger partial charge in [0, 0.05) is 36.9 Å². The Morgan fingerprint density at radius 2 is 2.38 bits per heavy atom. The summed E-state index contributed by atoms with van der Waals surface area (Å²) in [5, 5.41) is 12.9. The molecular weight excluding hydrogens is 336 g/mol. The third kappa shape index (κ3) is 4.66. The molecule has 1 saturated heterocycles. The molecule has 5 nitrogen and oxygen atoms in total. The lowest BCUT2D eigenvalue weighted by Crippen LogP contribution is -2.48. The van der Waals surface area contributed by atoms with Gasteiger partial charge in [0.15, 0.2) is 0 Å². The van der Waals surface area contributed by atoms with E-state index in [2.05, 4.69) is 38.3 Å². The summed E-state index contributed by atoms with van der Waals surface area (Å²) in [4.78, 5) is 2.24. The van der Waals surface area contributed by atoms with Gasteiger partial charge in [-0.05, 0) is 23.8 Å². The molecule has 1 unspecified atom stereocenters. The first-order valence-electron chi connectivity index (χ1n) is 7.19. The van der Waals surface area contributed by atoms with Crippen LogP contribution in [0.3, 0.4) is 0 Å². The Labute approximate surface area is 134 Å². The minimum absolute atomic E-state index is 0.0256. The van der Waals surface area contributed by atoms with Crippen LogP contribution in [0.2, 0.25) is 0 Å². The fourth-order valence-corrected chi connectivity index (χ4v) is 2.90. The van der Waals surface area contributed by atoms with E-state index in [1.165, 1.54) is 5.56 Å². The molecule has 0 aliphatic carbocycles. The summed E-state index contributed by atoms with van der Waals surface area (Å²) >= 11 is 3.53. The van der Waals surface area contributed by atoms with E-state index in [4.69, 9.17) is 9.47 Å². The summed E-state index contributed by atoms with van der Waals surface area (Å²) in [6, 6.07) is 6.29. The predicted octanol–water partition coefficient (Wildman–Crippen LogP) is 1.38. The number of rotatable bonds is 7. The van der Waals surface area contributed by atoms with Crippen LogP contribution < -0.4 is 10.2 Å². The standard InChI is InChI=1S/C15H23BrN2O3/c1-20-6-4-17-9-12-8-13(16)2-3-15(12)18-5-7-21-11-14(18)10-19/h2-3,8,14,17,19H,4-7,9-11H2,1H3. The maximum Gasteiger partial charge on any atom is 0.0755 e. The Morgan fingerprint density at radius 1 is 1.52 bits per heavy atom. The second-order valence-corrected chi connectivity index (χ2v) is 5.96. The molecule has 0 radical (unpaired) electrons. The summed E-state index contributed by atoms with van der Waals surface area (Å²) in [7, 11) is 1.70. The summed E-state index contributed by atoms with van der Waals surface area (Å²) in [5.41, 5.74) is 2.37. The zero-order valence-electron chi connectivity index (χ0n) is 12.3. The largest absolute Gasteiger partial charge is 0.394 e. The van der Waals surface area contributed by atoms with Crippen molar-refractivity contribution in [1.82, 2.24) is 5.32 Å². The summed E-state index contributed by atoms with van der Waals surface area (Å²) in [6.07, 6.45) is 0. The SMILES string of the molecule is COCCNCc1cc(Br)ccc1N1CCOCC1CO. The Morgan fingerprint density at radius 3 is 3.14 bits per heavy atom. The molecule has 118 valence electrons. The van der Waals surface area contributed by atoms with Crippen molar-refractivity contribution in [3.63, 3.8) is 0 Å². The highest BCUT2D eigenvalue weighted by Gasteiger charge is 2.24. The average Bonchev–Trinajstić information content (AvgIpc) is 2.52. The smallest absolute Gasteiger partial charge is 0.0755 e. The van der Waals surface area contributed by atoms with E-state index in [0.717, 1.165) is 29.8 Å². The molecule has 0 bridgehead atoms. The van der Waals surface area contributed by atoms with E-state index < -0.39 is 0 Å². The maximum absolute atomic E-state index is 9.55. The lowest BCUT2D eigenvalue weighted by Gasteiger charge is -2.37. The number of aliphatic hydroxyl groups is 1. The summed E-state index contributed by atoms with van der Waals surface area (Å²) in [6.45, 7) is 4.46. The third-order valence-electron chi connectivity index (χ3n) is 3.59. The highest BCUT2D eigenvalue weighted by molar-refractivity contribution is 9.10. The van der Waals surface area contributed by atoms with Crippen LogP contribution in [-0.4, -0.2) is 57.8 Å². The van der Waals surface area contributed by atoms with Crippen LogP contribution in [0.15, 0.2) is 22.7 Å². The number of morpholine rings is 1. The average molecular weight is 359 g/mol. The molecule has 0 aromatic heterocycles. The highest BCUT2D eigenvalue weighted by Crippen LogP contribution is 2.27. The van der Waals surface area contributed by atoms with Crippen molar-refractivity contribution < 1.29 is 14.6 Å². The van der Waals surface area contributed by atoms with E-state index in [0.29, 0.717) is 19.8 Å². The minimum Gasteiger partial charge on any atom is -0.394 e. The predicted molar refractivity (Wildman–Crippen MR) is 86.8 cm³/mol. The topological polar surface area (TPSA) is 54.0 Å². The third-order valence-corrected chi connectivity index (χ3v) is 4.08. The van der Waals surface area contributed by atoms with Crippen molar-refractivity contribution >= 4 is 21.6 Å². The molecule has 1 aromatic rings. The zero-order chi connectivity index (χ0) is 15.1. The number of benzene rings is 1. The molecule has 1 aromatic carbocycles. The fraction of sp³-hybridized carbons (Fsp3) is 0.600. The van der Waals surface area contributed by atoms with Gasteiger partial charge >= 0.3 is 0 Å². The molecule has 0 spiro atoms. The van der Waals surface area contributed by atoms with Crippen LogP contribution in [0, 0.1) is 0 Å². The van der Waals surface area contributed by atoms with Gasteiger partial charge in [-0.15, -0.1) is 0 Å². The number of halogens is 1. The number of nitrogens with zero attached hydrogens (tertiary/aromatic N) is 1. The first kappa shape index (κ1) is 16.7. The van der Waals surface area contributed by atoms with Crippen molar-refractivity contribution in [2.24, 2.45) is 0 Å². The monoisotopic (exact) mass is 358 g/mol. The van der Waals surface area contributed by atoms with Crippen LogP contribution in [0.5, 0.6) is 0 Å². The van der Waals surface area contributed by atoms with Crippen molar-refractivity contribution in [3.8, 4) is 0 Å². The van der Waals surface area contributed by atoms with E-state index in [9.17, 15) is 5.11 Å². The van der Waals surface area contributed by atoms with Gasteiger partial charge in [0.25, 0.3) is 0 Å². The van der Waals surface area contributed by atoms with Gasteiger partial charge < -0.3 is 24.8 Å². The van der Waals surface area contributed by atoms with E-state index >= 15 is 0 Å². The first-order chi connectivity index (χ1) is 10.3. The molecule has 2 N–H and O–H groups in total. The molecule has 1 heterocycles. The second-order valence-electron chi connectivity index (χ2n) is 5.05. The van der Waals surface area contributed by atoms with Gasteiger partial charge in [0.05, 0.1) is 32.5 Å². The van der Waals surface area contributed by atoms with Gasteiger partial charge in [-0.3, -0.25) is 0 Å². The van der Waals surface area contributed by atoms with Crippen LogP contribution in [0.25, 0.3) is 0 Å². The van der Waals surface area contributed by atoms with Crippen LogP contribution in [0.4, 0.5) is 5.69 Å². The van der Waals surface area contributed by atoms with E-state index in [-0.39, 0.29) is 12.6 Å². The number of hydrogen-bond donors (Lipinski definition) is 2. The number of methoxy groups -OCH3 is 1. The van der Waals surface area contributed by atoms with Gasteiger partial charge in [-0.25, -0.2) is 0 Å². The molecule has 2 rings (SSSR count). The minimum atomic E-state index is 0.0256. The molecule has 1 fully saturated rings. The normalized spacial score (nSPS) is 19.0. The molecule has 6 heteroatoms. The Hall–Kier alpha value is -0.660. The van der Waals surface area contributed by atoms with Crippen LogP contribution >= 0.6 is 15.9 Å². The maximum atomic E-state index is 9.55. The first-order valence-corrected chi connectivity index (χ1v) is 7.99. The lowest BCUT2D eigenvalue weighted by molar-refractivity contribution is 0.0726. The highest BCUT2D eigenvalue weighted by atomic mass is 79.9. The fourth-order valence-electron chi connectivity index (χ4n) is 2.50. The number of anilines is 1. The molecule has 1 aliphatic rings. The Kier molecular flexibility index (Phi) is 6.92. The Bertz CT molecular complexity index is 445. The zero-order valence-corrected chi connectivity index (χ0v) is 13.9. The van der Waals surface area contributed by atoms with Crippen molar-refractivity contribution in [2.75, 3.05) is 51.5 Å². The molecular formula is C15H23BrN2O3. The summed E-state index contributed by atoms with van der Waals surface area (Å²) < 4.78 is 11.6. The van der Waals surface area contributed by atoms with Gasteiger partial charge in [-0.1, -0.05) is 15.9 Å². The Balaban J connectivity index is 2.13. The lowest BCUT2D eigenvalue weighted by atomic mass is 10.1. The number of nitrogens with one attached hydrogen (secondary N) is 1. The van der Waals surface area contributed by atoms with Gasteiger partial charge in [0.2, 0.25) is 0 Å². The molecule has 1 aliphatic heterocycles. The van der Waals surface area contributed by atoms with Gasteiger partial charge in [0.1, 0.15) is 0 Å². The van der Waals surface area contributed by atoms with Gasteiger partial charge in [-0.2, -0.15) is 0 Å². The van der Waals surface area contributed by atoms with E-state index in [1.807, 2.05) is 6.07 Å². The molecule has 21 heavy (non-hydrogen) atoms. The molecule has 0 amide bonds. The number of ether oxygens (including phenoxy) is 2. The second kappa shape index (κ2) is 8.70. The van der Waals surface area contributed by atoms with Crippen molar-refractivity contribution in [1.29, 1.82) is 0 Å². The van der Waals surface area contributed by atoms with Crippen LogP contribution in [-0.2, 0) is 16.0 Å². The van der Waals surface area contributed by atoms with Crippen molar-refractivity contribution in [2.45, 2.75) is 12.6 Å². The quantitative estimate of drug-likeness (QED) is 0.721.